The zero-order valence-corrected chi connectivity index (χ0v) is 7.65. The SMILES string of the molecule is COC(=O)c1ncccc1C(C)N. The highest BCUT2D eigenvalue weighted by atomic mass is 16.5. The minimum absolute atomic E-state index is 0.220. The zero-order chi connectivity index (χ0) is 9.84. The van der Waals surface area contributed by atoms with Crippen molar-refractivity contribution >= 4 is 5.97 Å². The summed E-state index contributed by atoms with van der Waals surface area (Å²) in [5, 5.41) is 0. The molecule has 0 aromatic carbocycles. The molecule has 0 fully saturated rings. The van der Waals surface area contributed by atoms with Crippen LogP contribution in [0.15, 0.2) is 18.3 Å². The normalized spacial score (nSPS) is 12.2. The summed E-state index contributed by atoms with van der Waals surface area (Å²) in [5.41, 5.74) is 6.65. The van der Waals surface area contributed by atoms with Crippen LogP contribution in [0.5, 0.6) is 0 Å². The molecule has 0 spiro atoms. The van der Waals surface area contributed by atoms with Gasteiger partial charge < -0.3 is 10.5 Å². The van der Waals surface area contributed by atoms with Gasteiger partial charge in [-0.15, -0.1) is 0 Å². The molecule has 1 unspecified atom stereocenters. The van der Waals surface area contributed by atoms with E-state index < -0.39 is 5.97 Å². The van der Waals surface area contributed by atoms with Crippen molar-refractivity contribution in [2.45, 2.75) is 13.0 Å². The summed E-state index contributed by atoms with van der Waals surface area (Å²) in [4.78, 5) is 15.1. The molecule has 0 aliphatic carbocycles. The monoisotopic (exact) mass is 180 g/mol. The standard InChI is InChI=1S/C9H12N2O2/c1-6(10)7-4-3-5-11-8(7)9(12)13-2/h3-6H,10H2,1-2H3. The fourth-order valence-corrected chi connectivity index (χ4v) is 1.05. The molecule has 0 radical (unpaired) electrons. The van der Waals surface area contributed by atoms with Gasteiger partial charge in [-0.1, -0.05) is 6.07 Å². The van der Waals surface area contributed by atoms with Crippen LogP contribution in [0.3, 0.4) is 0 Å². The Bertz CT molecular complexity index is 310. The van der Waals surface area contributed by atoms with Gasteiger partial charge in [0.25, 0.3) is 0 Å². The Morgan fingerprint density at radius 1 is 1.69 bits per heavy atom. The second kappa shape index (κ2) is 4.00. The Balaban J connectivity index is 3.12. The number of methoxy groups -OCH3 is 1. The Hall–Kier alpha value is -1.42. The maximum Gasteiger partial charge on any atom is 0.356 e. The van der Waals surface area contributed by atoms with E-state index in [2.05, 4.69) is 9.72 Å². The fourth-order valence-electron chi connectivity index (χ4n) is 1.05. The summed E-state index contributed by atoms with van der Waals surface area (Å²) in [6.07, 6.45) is 1.54. The lowest BCUT2D eigenvalue weighted by Crippen LogP contribution is -2.14. The van der Waals surface area contributed by atoms with Gasteiger partial charge >= 0.3 is 5.97 Å². The van der Waals surface area contributed by atoms with E-state index in [0.29, 0.717) is 11.3 Å². The summed E-state index contributed by atoms with van der Waals surface area (Å²) >= 11 is 0. The van der Waals surface area contributed by atoms with E-state index >= 15 is 0 Å². The predicted molar refractivity (Wildman–Crippen MR) is 48.2 cm³/mol. The summed E-state index contributed by atoms with van der Waals surface area (Å²) in [5.74, 6) is -0.451. The maximum absolute atomic E-state index is 11.2. The lowest BCUT2D eigenvalue weighted by molar-refractivity contribution is 0.0592. The van der Waals surface area contributed by atoms with Crippen molar-refractivity contribution in [3.8, 4) is 0 Å². The molecule has 1 heterocycles. The van der Waals surface area contributed by atoms with Crippen LogP contribution in [0.1, 0.15) is 29.0 Å². The van der Waals surface area contributed by atoms with E-state index in [1.165, 1.54) is 13.3 Å². The van der Waals surface area contributed by atoms with Crippen molar-refractivity contribution in [2.75, 3.05) is 7.11 Å². The lowest BCUT2D eigenvalue weighted by atomic mass is 10.1. The molecular formula is C9H12N2O2. The second-order valence-electron chi connectivity index (χ2n) is 2.72. The Kier molecular flexibility index (Phi) is 2.97. The molecule has 1 aromatic heterocycles. The molecule has 1 atom stereocenters. The molecule has 13 heavy (non-hydrogen) atoms. The van der Waals surface area contributed by atoms with Gasteiger partial charge in [0.2, 0.25) is 0 Å². The quantitative estimate of drug-likeness (QED) is 0.686. The van der Waals surface area contributed by atoms with E-state index in [9.17, 15) is 4.79 Å². The van der Waals surface area contributed by atoms with Crippen molar-refractivity contribution in [1.82, 2.24) is 4.98 Å². The van der Waals surface area contributed by atoms with Gasteiger partial charge in [-0.2, -0.15) is 0 Å². The van der Waals surface area contributed by atoms with Crippen LogP contribution in [0.25, 0.3) is 0 Å². The number of hydrogen-bond acceptors (Lipinski definition) is 4. The van der Waals surface area contributed by atoms with Crippen molar-refractivity contribution in [1.29, 1.82) is 0 Å². The first-order valence-corrected chi connectivity index (χ1v) is 3.95. The van der Waals surface area contributed by atoms with Gasteiger partial charge in [0.05, 0.1) is 7.11 Å². The average Bonchev–Trinajstić information content (AvgIpc) is 2.16. The van der Waals surface area contributed by atoms with Crippen LogP contribution < -0.4 is 5.73 Å². The third kappa shape index (κ3) is 2.03. The Morgan fingerprint density at radius 3 is 2.92 bits per heavy atom. The lowest BCUT2D eigenvalue weighted by Gasteiger charge is -2.08. The van der Waals surface area contributed by atoms with Crippen LogP contribution in [-0.4, -0.2) is 18.1 Å². The number of nitrogens with zero attached hydrogens (tertiary/aromatic N) is 1. The molecule has 0 bridgehead atoms. The average molecular weight is 180 g/mol. The molecule has 4 nitrogen and oxygen atoms in total. The summed E-state index contributed by atoms with van der Waals surface area (Å²) in [6, 6.07) is 3.29. The van der Waals surface area contributed by atoms with Gasteiger partial charge in [0.15, 0.2) is 5.69 Å². The van der Waals surface area contributed by atoms with Gasteiger partial charge in [-0.05, 0) is 13.0 Å². The van der Waals surface area contributed by atoms with E-state index in [-0.39, 0.29) is 6.04 Å². The van der Waals surface area contributed by atoms with Gasteiger partial charge in [-0.25, -0.2) is 9.78 Å². The molecule has 0 saturated heterocycles. The van der Waals surface area contributed by atoms with Crippen molar-refractivity contribution in [3.05, 3.63) is 29.6 Å². The van der Waals surface area contributed by atoms with Gasteiger partial charge in [0.1, 0.15) is 0 Å². The second-order valence-corrected chi connectivity index (χ2v) is 2.72. The highest BCUT2D eigenvalue weighted by molar-refractivity contribution is 5.88. The van der Waals surface area contributed by atoms with Crippen LogP contribution in [0.4, 0.5) is 0 Å². The molecule has 4 heteroatoms. The molecular weight excluding hydrogens is 168 g/mol. The van der Waals surface area contributed by atoms with E-state index in [0.717, 1.165) is 0 Å². The van der Waals surface area contributed by atoms with E-state index in [4.69, 9.17) is 5.73 Å². The fraction of sp³-hybridized carbons (Fsp3) is 0.333. The molecule has 1 rings (SSSR count). The van der Waals surface area contributed by atoms with Gasteiger partial charge in [0, 0.05) is 17.8 Å². The number of nitrogens with two attached hydrogens (primary N) is 1. The van der Waals surface area contributed by atoms with Crippen LogP contribution >= 0.6 is 0 Å². The Morgan fingerprint density at radius 2 is 2.38 bits per heavy atom. The highest BCUT2D eigenvalue weighted by Gasteiger charge is 2.14. The van der Waals surface area contributed by atoms with Crippen molar-refractivity contribution in [2.24, 2.45) is 5.73 Å². The predicted octanol–water partition coefficient (Wildman–Crippen LogP) is 0.888. The first kappa shape index (κ1) is 9.67. The molecule has 2 N–H and O–H groups in total. The van der Waals surface area contributed by atoms with E-state index in [1.807, 2.05) is 0 Å². The molecule has 0 aliphatic heterocycles. The number of ether oxygens (including phenoxy) is 1. The Labute approximate surface area is 76.7 Å². The summed E-state index contributed by atoms with van der Waals surface area (Å²) in [7, 11) is 1.32. The highest BCUT2D eigenvalue weighted by Crippen LogP contribution is 2.13. The minimum atomic E-state index is -0.451. The summed E-state index contributed by atoms with van der Waals surface area (Å²) in [6.45, 7) is 1.80. The third-order valence-corrected chi connectivity index (χ3v) is 1.71. The number of pyridine rings is 1. The first-order chi connectivity index (χ1) is 6.16. The minimum Gasteiger partial charge on any atom is -0.464 e. The van der Waals surface area contributed by atoms with Crippen LogP contribution in [0, 0.1) is 0 Å². The van der Waals surface area contributed by atoms with Crippen molar-refractivity contribution < 1.29 is 9.53 Å². The van der Waals surface area contributed by atoms with Crippen molar-refractivity contribution in [3.63, 3.8) is 0 Å². The van der Waals surface area contributed by atoms with E-state index in [1.54, 1.807) is 19.1 Å². The molecule has 0 aliphatic rings. The topological polar surface area (TPSA) is 65.2 Å². The number of hydrogen-bond donors (Lipinski definition) is 1. The molecule has 1 aromatic rings. The number of carbonyl (C=O) groups excluding carboxylic acids is 1. The number of aromatic nitrogens is 1. The number of carbonyl (C=O) groups is 1. The first-order valence-electron chi connectivity index (χ1n) is 3.95. The smallest absolute Gasteiger partial charge is 0.356 e. The molecule has 70 valence electrons. The molecule has 0 amide bonds. The molecule has 0 saturated carbocycles. The zero-order valence-electron chi connectivity index (χ0n) is 7.65. The number of esters is 1. The number of rotatable bonds is 2. The third-order valence-electron chi connectivity index (χ3n) is 1.71. The summed E-state index contributed by atoms with van der Waals surface area (Å²) < 4.78 is 4.57. The van der Waals surface area contributed by atoms with Gasteiger partial charge in [-0.3, -0.25) is 0 Å². The largest absolute Gasteiger partial charge is 0.464 e. The van der Waals surface area contributed by atoms with Crippen LogP contribution in [0.2, 0.25) is 0 Å². The van der Waals surface area contributed by atoms with Crippen LogP contribution in [-0.2, 0) is 4.74 Å². The maximum atomic E-state index is 11.2.